The Labute approximate surface area is 99.1 Å². The second-order valence-corrected chi connectivity index (χ2v) is 4.14. The highest BCUT2D eigenvalue weighted by molar-refractivity contribution is 5.97. The summed E-state index contributed by atoms with van der Waals surface area (Å²) in [5, 5.41) is 21.5. The lowest BCUT2D eigenvalue weighted by molar-refractivity contribution is -0.133. The van der Waals surface area contributed by atoms with Crippen LogP contribution >= 0.6 is 0 Å². The summed E-state index contributed by atoms with van der Waals surface area (Å²) in [4.78, 5) is 11.7. The maximum atomic E-state index is 12.9. The van der Waals surface area contributed by atoms with Crippen LogP contribution in [0.3, 0.4) is 0 Å². The van der Waals surface area contributed by atoms with Crippen molar-refractivity contribution < 1.29 is 19.4 Å². The molecule has 1 amide bonds. The summed E-state index contributed by atoms with van der Waals surface area (Å²) in [5.74, 6) is -1.49. The summed E-state index contributed by atoms with van der Waals surface area (Å²) in [5.41, 5.74) is -1.58. The molecule has 1 aromatic rings. The van der Waals surface area contributed by atoms with Gasteiger partial charge in [0.1, 0.15) is 17.2 Å². The Kier molecular flexibility index (Phi) is 4.07. The van der Waals surface area contributed by atoms with E-state index in [9.17, 15) is 19.4 Å². The van der Waals surface area contributed by atoms with Gasteiger partial charge in [-0.05, 0) is 25.5 Å². The normalized spacial score (nSPS) is 14.1. The Balaban J connectivity index is 2.84. The molecule has 0 saturated heterocycles. The standard InChI is InChI=1S/C12H16FNO3/c1-3-6-12(2,17)11(16)14-9-7-8(13)4-5-10(9)15/h4-5,7,15,17H,3,6H2,1-2H3,(H,14,16). The molecule has 0 aliphatic carbocycles. The summed E-state index contributed by atoms with van der Waals surface area (Å²) in [6.07, 6.45) is 0.921. The molecule has 0 bridgehead atoms. The van der Waals surface area contributed by atoms with E-state index >= 15 is 0 Å². The third kappa shape index (κ3) is 3.42. The summed E-state index contributed by atoms with van der Waals surface area (Å²) in [7, 11) is 0. The van der Waals surface area contributed by atoms with Crippen molar-refractivity contribution in [2.75, 3.05) is 5.32 Å². The second kappa shape index (κ2) is 5.14. The van der Waals surface area contributed by atoms with Crippen LogP contribution in [0.5, 0.6) is 5.75 Å². The van der Waals surface area contributed by atoms with Crippen LogP contribution in [0.1, 0.15) is 26.7 Å². The first-order chi connectivity index (χ1) is 7.86. The minimum absolute atomic E-state index is 0.0496. The molecule has 94 valence electrons. The summed E-state index contributed by atoms with van der Waals surface area (Å²) in [6.45, 7) is 3.21. The Morgan fingerprint density at radius 2 is 2.18 bits per heavy atom. The number of aliphatic hydroxyl groups is 1. The highest BCUT2D eigenvalue weighted by Gasteiger charge is 2.29. The molecule has 4 nitrogen and oxygen atoms in total. The predicted molar refractivity (Wildman–Crippen MR) is 62.2 cm³/mol. The molecular weight excluding hydrogens is 225 g/mol. The molecule has 3 N–H and O–H groups in total. The van der Waals surface area contributed by atoms with Gasteiger partial charge in [0.25, 0.3) is 5.91 Å². The minimum Gasteiger partial charge on any atom is -0.506 e. The van der Waals surface area contributed by atoms with Gasteiger partial charge in [0.05, 0.1) is 5.69 Å². The van der Waals surface area contributed by atoms with Crippen molar-refractivity contribution >= 4 is 11.6 Å². The SMILES string of the molecule is CCCC(C)(O)C(=O)Nc1cc(F)ccc1O. The Hall–Kier alpha value is -1.62. The van der Waals surface area contributed by atoms with E-state index in [0.29, 0.717) is 6.42 Å². The Morgan fingerprint density at radius 3 is 2.76 bits per heavy atom. The number of nitrogens with one attached hydrogen (secondary N) is 1. The molecule has 1 unspecified atom stereocenters. The first-order valence-electron chi connectivity index (χ1n) is 5.39. The monoisotopic (exact) mass is 241 g/mol. The van der Waals surface area contributed by atoms with Crippen LogP contribution < -0.4 is 5.32 Å². The lowest BCUT2D eigenvalue weighted by atomic mass is 9.99. The van der Waals surface area contributed by atoms with Crippen molar-refractivity contribution in [3.05, 3.63) is 24.0 Å². The van der Waals surface area contributed by atoms with Gasteiger partial charge in [-0.25, -0.2) is 4.39 Å². The first-order valence-corrected chi connectivity index (χ1v) is 5.39. The number of phenolic OH excluding ortho intramolecular Hbond substituents is 1. The highest BCUT2D eigenvalue weighted by atomic mass is 19.1. The van der Waals surface area contributed by atoms with Crippen molar-refractivity contribution in [2.45, 2.75) is 32.3 Å². The van der Waals surface area contributed by atoms with E-state index in [1.165, 1.54) is 6.92 Å². The van der Waals surface area contributed by atoms with Gasteiger partial charge in [-0.3, -0.25) is 4.79 Å². The average molecular weight is 241 g/mol. The molecule has 1 atom stereocenters. The maximum Gasteiger partial charge on any atom is 0.256 e. The van der Waals surface area contributed by atoms with E-state index < -0.39 is 17.3 Å². The number of benzene rings is 1. The molecule has 0 saturated carbocycles. The van der Waals surface area contributed by atoms with Crippen molar-refractivity contribution in [3.8, 4) is 5.75 Å². The largest absolute Gasteiger partial charge is 0.506 e. The summed E-state index contributed by atoms with van der Waals surface area (Å²) < 4.78 is 12.9. The van der Waals surface area contributed by atoms with Crippen LogP contribution in [-0.2, 0) is 4.79 Å². The van der Waals surface area contributed by atoms with Crippen molar-refractivity contribution in [2.24, 2.45) is 0 Å². The third-order valence-electron chi connectivity index (χ3n) is 2.43. The van der Waals surface area contributed by atoms with Gasteiger partial charge in [0, 0.05) is 6.07 Å². The molecule has 0 aliphatic rings. The number of carbonyl (C=O) groups is 1. The van der Waals surface area contributed by atoms with E-state index in [1.807, 2.05) is 6.92 Å². The molecule has 0 spiro atoms. The molecule has 0 fully saturated rings. The number of phenols is 1. The predicted octanol–water partition coefficient (Wildman–Crippen LogP) is 2.02. The van der Waals surface area contributed by atoms with Crippen molar-refractivity contribution in [3.63, 3.8) is 0 Å². The number of halogens is 1. The third-order valence-corrected chi connectivity index (χ3v) is 2.43. The van der Waals surface area contributed by atoms with Gasteiger partial charge in [0.15, 0.2) is 0 Å². The number of carbonyl (C=O) groups excluding carboxylic acids is 1. The fourth-order valence-corrected chi connectivity index (χ4v) is 1.47. The van der Waals surface area contributed by atoms with E-state index in [-0.39, 0.29) is 17.9 Å². The number of amides is 1. The summed E-state index contributed by atoms with van der Waals surface area (Å²) in [6, 6.07) is 3.21. The second-order valence-electron chi connectivity index (χ2n) is 4.14. The number of hydrogen-bond acceptors (Lipinski definition) is 3. The van der Waals surface area contributed by atoms with Crippen LogP contribution in [0, 0.1) is 5.82 Å². The van der Waals surface area contributed by atoms with Crippen LogP contribution in [0.4, 0.5) is 10.1 Å². The van der Waals surface area contributed by atoms with E-state index in [1.54, 1.807) is 0 Å². The number of hydrogen-bond donors (Lipinski definition) is 3. The van der Waals surface area contributed by atoms with Crippen LogP contribution in [0.2, 0.25) is 0 Å². The van der Waals surface area contributed by atoms with Crippen LogP contribution in [0.15, 0.2) is 18.2 Å². The minimum atomic E-state index is -1.53. The van der Waals surface area contributed by atoms with Crippen LogP contribution in [-0.4, -0.2) is 21.7 Å². The van der Waals surface area contributed by atoms with E-state index in [2.05, 4.69) is 5.32 Å². The quantitative estimate of drug-likeness (QED) is 0.706. The Morgan fingerprint density at radius 1 is 1.53 bits per heavy atom. The molecule has 1 aromatic carbocycles. The smallest absolute Gasteiger partial charge is 0.256 e. The van der Waals surface area contributed by atoms with E-state index in [4.69, 9.17) is 0 Å². The Bertz CT molecular complexity index is 418. The molecular formula is C12H16FNO3. The van der Waals surface area contributed by atoms with Gasteiger partial charge in [-0.15, -0.1) is 0 Å². The highest BCUT2D eigenvalue weighted by Crippen LogP contribution is 2.25. The molecule has 1 rings (SSSR count). The fraction of sp³-hybridized carbons (Fsp3) is 0.417. The zero-order chi connectivity index (χ0) is 13.1. The molecule has 0 aromatic heterocycles. The van der Waals surface area contributed by atoms with Gasteiger partial charge >= 0.3 is 0 Å². The lowest BCUT2D eigenvalue weighted by Gasteiger charge is -2.21. The van der Waals surface area contributed by atoms with Crippen LogP contribution in [0.25, 0.3) is 0 Å². The topological polar surface area (TPSA) is 69.6 Å². The number of aromatic hydroxyl groups is 1. The molecule has 0 heterocycles. The van der Waals surface area contributed by atoms with Crippen molar-refractivity contribution in [1.82, 2.24) is 0 Å². The van der Waals surface area contributed by atoms with Gasteiger partial charge in [0.2, 0.25) is 0 Å². The zero-order valence-corrected chi connectivity index (χ0v) is 9.83. The maximum absolute atomic E-state index is 12.9. The first kappa shape index (κ1) is 13.4. The van der Waals surface area contributed by atoms with Gasteiger partial charge in [-0.2, -0.15) is 0 Å². The molecule has 17 heavy (non-hydrogen) atoms. The van der Waals surface area contributed by atoms with Crippen molar-refractivity contribution in [1.29, 1.82) is 0 Å². The molecule has 5 heteroatoms. The lowest BCUT2D eigenvalue weighted by Crippen LogP contribution is -2.39. The van der Waals surface area contributed by atoms with E-state index in [0.717, 1.165) is 18.2 Å². The number of anilines is 1. The van der Waals surface area contributed by atoms with Gasteiger partial charge in [-0.1, -0.05) is 13.3 Å². The fourth-order valence-electron chi connectivity index (χ4n) is 1.47. The molecule has 0 radical (unpaired) electrons. The van der Waals surface area contributed by atoms with Gasteiger partial charge < -0.3 is 15.5 Å². The number of rotatable bonds is 4. The average Bonchev–Trinajstić information content (AvgIpc) is 2.23. The zero-order valence-electron chi connectivity index (χ0n) is 9.83. The summed E-state index contributed by atoms with van der Waals surface area (Å²) >= 11 is 0. The molecule has 0 aliphatic heterocycles.